The number of nitrogens with one attached hydrogen (secondary N) is 1. The van der Waals surface area contributed by atoms with Gasteiger partial charge in [0.25, 0.3) is 11.8 Å². The summed E-state index contributed by atoms with van der Waals surface area (Å²) in [5.74, 6) is -0.320. The Hall–Kier alpha value is -2.69. The second-order valence-electron chi connectivity index (χ2n) is 6.23. The van der Waals surface area contributed by atoms with Gasteiger partial charge >= 0.3 is 0 Å². The maximum atomic E-state index is 13.0. The van der Waals surface area contributed by atoms with Gasteiger partial charge in [-0.1, -0.05) is 31.5 Å². The van der Waals surface area contributed by atoms with Crippen molar-refractivity contribution in [3.63, 3.8) is 0 Å². The van der Waals surface area contributed by atoms with Gasteiger partial charge in [0.2, 0.25) is 0 Å². The van der Waals surface area contributed by atoms with E-state index < -0.39 is 0 Å². The number of benzene rings is 1. The maximum Gasteiger partial charge on any atom is 0.269 e. The summed E-state index contributed by atoms with van der Waals surface area (Å²) >= 11 is 0. The number of carbonyl (C=O) groups excluding carboxylic acids is 2. The van der Waals surface area contributed by atoms with E-state index in [-0.39, 0.29) is 17.5 Å². The molecule has 2 amide bonds. The number of unbranched alkanes of at least 4 members (excludes halogenated alkanes) is 1. The summed E-state index contributed by atoms with van der Waals surface area (Å²) in [5.41, 5.74) is 2.93. The molecule has 0 radical (unpaired) electrons. The van der Waals surface area contributed by atoms with Crippen LogP contribution in [-0.2, 0) is 6.42 Å². The quantitative estimate of drug-likeness (QED) is 0.852. The summed E-state index contributed by atoms with van der Waals surface area (Å²) in [6.45, 7) is 3.38. The molecule has 0 aliphatic carbocycles. The van der Waals surface area contributed by atoms with E-state index in [0.29, 0.717) is 18.7 Å². The summed E-state index contributed by atoms with van der Waals surface area (Å²) in [5, 5.41) is 2.83. The molecule has 0 atom stereocenters. The van der Waals surface area contributed by atoms with E-state index in [2.05, 4.69) is 23.3 Å². The van der Waals surface area contributed by atoms with Gasteiger partial charge < -0.3 is 10.2 Å². The summed E-state index contributed by atoms with van der Waals surface area (Å²) in [6.07, 6.45) is 5.40. The van der Waals surface area contributed by atoms with E-state index in [9.17, 15) is 9.59 Å². The van der Waals surface area contributed by atoms with Crippen molar-refractivity contribution >= 4 is 17.5 Å². The molecule has 5 heteroatoms. The average molecular weight is 337 g/mol. The lowest BCUT2D eigenvalue weighted by Crippen LogP contribution is -2.35. The van der Waals surface area contributed by atoms with Crippen molar-refractivity contribution in [2.45, 2.75) is 32.6 Å². The standard InChI is InChI=1S/C20H23N3O2/c1-2-3-11-22-19(24)17-14-16(10-12-21-17)20(25)23-13-6-8-15-7-4-5-9-18(15)23/h4-5,7,9-10,12,14H,2-3,6,8,11,13H2,1H3,(H,22,24). The molecule has 0 fully saturated rings. The summed E-state index contributed by atoms with van der Waals surface area (Å²) in [6, 6.07) is 11.2. The Labute approximate surface area is 148 Å². The highest BCUT2D eigenvalue weighted by Gasteiger charge is 2.24. The highest BCUT2D eigenvalue weighted by Crippen LogP contribution is 2.28. The lowest BCUT2D eigenvalue weighted by Gasteiger charge is -2.29. The monoisotopic (exact) mass is 337 g/mol. The molecule has 0 spiro atoms. The fourth-order valence-electron chi connectivity index (χ4n) is 3.06. The molecule has 1 aliphatic heterocycles. The van der Waals surface area contributed by atoms with Crippen LogP contribution in [0.3, 0.4) is 0 Å². The molecule has 0 saturated carbocycles. The third kappa shape index (κ3) is 3.87. The van der Waals surface area contributed by atoms with Crippen LogP contribution in [0.2, 0.25) is 0 Å². The molecular weight excluding hydrogens is 314 g/mol. The van der Waals surface area contributed by atoms with Gasteiger partial charge in [-0.2, -0.15) is 0 Å². The normalized spacial score (nSPS) is 13.2. The predicted molar refractivity (Wildman–Crippen MR) is 97.9 cm³/mol. The number of para-hydroxylation sites is 1. The largest absolute Gasteiger partial charge is 0.351 e. The first kappa shape index (κ1) is 17.1. The maximum absolute atomic E-state index is 13.0. The Morgan fingerprint density at radius 3 is 2.92 bits per heavy atom. The minimum Gasteiger partial charge on any atom is -0.351 e. The predicted octanol–water partition coefficient (Wildman–Crippen LogP) is 3.20. The second kappa shape index (κ2) is 7.92. The van der Waals surface area contributed by atoms with Gasteiger partial charge in [-0.15, -0.1) is 0 Å². The summed E-state index contributed by atoms with van der Waals surface area (Å²) in [7, 11) is 0. The number of aromatic nitrogens is 1. The van der Waals surface area contributed by atoms with Crippen LogP contribution >= 0.6 is 0 Å². The molecule has 0 unspecified atom stereocenters. The third-order valence-corrected chi connectivity index (χ3v) is 4.41. The van der Waals surface area contributed by atoms with Gasteiger partial charge in [-0.25, -0.2) is 0 Å². The lowest BCUT2D eigenvalue weighted by molar-refractivity contribution is 0.0948. The number of hydrogen-bond acceptors (Lipinski definition) is 3. The van der Waals surface area contributed by atoms with Crippen LogP contribution in [-0.4, -0.2) is 29.9 Å². The van der Waals surface area contributed by atoms with Gasteiger partial charge in [-0.05, 0) is 43.0 Å². The van der Waals surface area contributed by atoms with E-state index in [0.717, 1.165) is 31.4 Å². The van der Waals surface area contributed by atoms with Crippen molar-refractivity contribution in [1.29, 1.82) is 0 Å². The number of rotatable bonds is 5. The number of hydrogen-bond donors (Lipinski definition) is 1. The molecule has 3 rings (SSSR count). The zero-order chi connectivity index (χ0) is 17.6. The van der Waals surface area contributed by atoms with Gasteiger partial charge in [0.1, 0.15) is 5.69 Å². The number of amides is 2. The molecule has 5 nitrogen and oxygen atoms in total. The van der Waals surface area contributed by atoms with Crippen LogP contribution in [0.5, 0.6) is 0 Å². The summed E-state index contributed by atoms with van der Waals surface area (Å²) < 4.78 is 0. The van der Waals surface area contributed by atoms with Crippen molar-refractivity contribution in [2.24, 2.45) is 0 Å². The zero-order valence-electron chi connectivity index (χ0n) is 14.5. The third-order valence-electron chi connectivity index (χ3n) is 4.41. The molecule has 1 aliphatic rings. The van der Waals surface area contributed by atoms with E-state index in [4.69, 9.17) is 0 Å². The fourth-order valence-corrected chi connectivity index (χ4v) is 3.06. The Bertz CT molecular complexity index is 773. The van der Waals surface area contributed by atoms with E-state index in [1.54, 1.807) is 17.0 Å². The molecule has 130 valence electrons. The molecule has 2 heterocycles. The van der Waals surface area contributed by atoms with E-state index >= 15 is 0 Å². The SMILES string of the molecule is CCCCNC(=O)c1cc(C(=O)N2CCCc3ccccc32)ccn1. The van der Waals surface area contributed by atoms with Crippen LogP contribution in [0.25, 0.3) is 0 Å². The minimum absolute atomic E-state index is 0.0860. The first-order valence-corrected chi connectivity index (χ1v) is 8.84. The number of anilines is 1. The second-order valence-corrected chi connectivity index (χ2v) is 6.23. The molecule has 2 aromatic rings. The van der Waals surface area contributed by atoms with Crippen LogP contribution in [0.15, 0.2) is 42.6 Å². The van der Waals surface area contributed by atoms with Crippen molar-refractivity contribution in [3.05, 3.63) is 59.4 Å². The Balaban J connectivity index is 1.80. The summed E-state index contributed by atoms with van der Waals surface area (Å²) in [4.78, 5) is 31.0. The van der Waals surface area contributed by atoms with Gasteiger partial charge in [0, 0.05) is 30.5 Å². The fraction of sp³-hybridized carbons (Fsp3) is 0.350. The highest BCUT2D eigenvalue weighted by atomic mass is 16.2. The van der Waals surface area contributed by atoms with Crippen molar-refractivity contribution in [3.8, 4) is 0 Å². The van der Waals surface area contributed by atoms with E-state index in [1.807, 2.05) is 18.2 Å². The van der Waals surface area contributed by atoms with Gasteiger partial charge in [0.05, 0.1) is 0 Å². The van der Waals surface area contributed by atoms with E-state index in [1.165, 1.54) is 11.8 Å². The number of nitrogens with zero attached hydrogens (tertiary/aromatic N) is 2. The first-order valence-electron chi connectivity index (χ1n) is 8.84. The van der Waals surface area contributed by atoms with Crippen molar-refractivity contribution < 1.29 is 9.59 Å². The number of fused-ring (bicyclic) bond motifs is 1. The van der Waals surface area contributed by atoms with Gasteiger partial charge in [-0.3, -0.25) is 14.6 Å². The smallest absolute Gasteiger partial charge is 0.269 e. The Kier molecular flexibility index (Phi) is 5.43. The minimum atomic E-state index is -0.234. The van der Waals surface area contributed by atoms with Crippen LogP contribution in [0, 0.1) is 0 Å². The average Bonchev–Trinajstić information content (AvgIpc) is 2.67. The highest BCUT2D eigenvalue weighted by molar-refractivity contribution is 6.07. The number of pyridine rings is 1. The topological polar surface area (TPSA) is 62.3 Å². The molecular formula is C20H23N3O2. The van der Waals surface area contributed by atoms with Crippen molar-refractivity contribution in [2.75, 3.05) is 18.0 Å². The molecule has 0 saturated heterocycles. The molecule has 25 heavy (non-hydrogen) atoms. The van der Waals surface area contributed by atoms with Gasteiger partial charge in [0.15, 0.2) is 0 Å². The Morgan fingerprint density at radius 2 is 2.08 bits per heavy atom. The first-order chi connectivity index (χ1) is 12.2. The number of carbonyl (C=O) groups is 2. The molecule has 1 aromatic heterocycles. The molecule has 1 N–H and O–H groups in total. The van der Waals surface area contributed by atoms with Crippen LogP contribution in [0.1, 0.15) is 52.6 Å². The zero-order valence-corrected chi connectivity index (χ0v) is 14.5. The lowest BCUT2D eigenvalue weighted by atomic mass is 10.0. The molecule has 1 aromatic carbocycles. The number of aryl methyl sites for hydroxylation is 1. The van der Waals surface area contributed by atoms with Crippen LogP contribution in [0.4, 0.5) is 5.69 Å². The van der Waals surface area contributed by atoms with Crippen molar-refractivity contribution in [1.82, 2.24) is 10.3 Å². The Morgan fingerprint density at radius 1 is 1.24 bits per heavy atom. The molecule has 0 bridgehead atoms. The van der Waals surface area contributed by atoms with Crippen LogP contribution < -0.4 is 10.2 Å².